The molecule has 2 atom stereocenters. The Bertz CT molecular complexity index is 208. The molecule has 1 N–H and O–H groups in total. The highest BCUT2D eigenvalue weighted by molar-refractivity contribution is 5.80. The minimum Gasteiger partial charge on any atom is -0.465 e. The van der Waals surface area contributed by atoms with E-state index in [-0.39, 0.29) is 12.0 Å². The molecule has 0 fully saturated rings. The van der Waals surface area contributed by atoms with Gasteiger partial charge in [-0.2, -0.15) is 0 Å². The van der Waals surface area contributed by atoms with Crippen LogP contribution in [-0.4, -0.2) is 37.9 Å². The third-order valence-electron chi connectivity index (χ3n) is 2.71. The summed E-state index contributed by atoms with van der Waals surface area (Å²) < 4.78 is 10.1. The lowest BCUT2D eigenvalue weighted by atomic mass is 9.96. The predicted molar refractivity (Wildman–Crippen MR) is 64.4 cm³/mol. The average Bonchev–Trinajstić information content (AvgIpc) is 2.26. The summed E-state index contributed by atoms with van der Waals surface area (Å²) in [5.74, 6) is -0.202. The van der Waals surface area contributed by atoms with Crippen molar-refractivity contribution < 1.29 is 14.3 Å². The molecule has 0 heterocycles. The zero-order valence-corrected chi connectivity index (χ0v) is 11.1. The van der Waals surface area contributed by atoms with Gasteiger partial charge in [0.05, 0.1) is 6.61 Å². The van der Waals surface area contributed by atoms with E-state index in [2.05, 4.69) is 19.2 Å². The molecule has 0 saturated heterocycles. The first-order valence-electron chi connectivity index (χ1n) is 5.94. The summed E-state index contributed by atoms with van der Waals surface area (Å²) in [6, 6.07) is 0.284. The van der Waals surface area contributed by atoms with Crippen LogP contribution < -0.4 is 5.32 Å². The standard InChI is InChI=1S/C12H25NO3/c1-6-10(3)13-12(4,8-9-15-5)11(14)16-7-2/h10,13H,6-9H2,1-5H3. The van der Waals surface area contributed by atoms with Crippen molar-refractivity contribution in [3.05, 3.63) is 0 Å². The fraction of sp³-hybridized carbons (Fsp3) is 0.917. The average molecular weight is 231 g/mol. The van der Waals surface area contributed by atoms with Crippen molar-refractivity contribution in [3.63, 3.8) is 0 Å². The zero-order valence-electron chi connectivity index (χ0n) is 11.1. The quantitative estimate of drug-likeness (QED) is 0.646. The molecule has 2 unspecified atom stereocenters. The third-order valence-corrected chi connectivity index (χ3v) is 2.71. The van der Waals surface area contributed by atoms with Crippen LogP contribution in [0.25, 0.3) is 0 Å². The smallest absolute Gasteiger partial charge is 0.326 e. The van der Waals surface area contributed by atoms with Gasteiger partial charge in [0.25, 0.3) is 0 Å². The molecule has 0 saturated carbocycles. The summed E-state index contributed by atoms with van der Waals surface area (Å²) in [6.45, 7) is 8.78. The van der Waals surface area contributed by atoms with Gasteiger partial charge in [-0.3, -0.25) is 10.1 Å². The molecule has 0 aliphatic rings. The molecule has 0 aliphatic heterocycles. The van der Waals surface area contributed by atoms with E-state index >= 15 is 0 Å². The highest BCUT2D eigenvalue weighted by Gasteiger charge is 2.35. The second kappa shape index (κ2) is 7.63. The third kappa shape index (κ3) is 4.94. The Labute approximate surface area is 98.7 Å². The van der Waals surface area contributed by atoms with Crippen molar-refractivity contribution >= 4 is 5.97 Å². The van der Waals surface area contributed by atoms with Gasteiger partial charge in [0.1, 0.15) is 5.54 Å². The van der Waals surface area contributed by atoms with Gasteiger partial charge in [-0.15, -0.1) is 0 Å². The Balaban J connectivity index is 4.52. The van der Waals surface area contributed by atoms with E-state index < -0.39 is 5.54 Å². The van der Waals surface area contributed by atoms with E-state index in [1.54, 1.807) is 7.11 Å². The molecular formula is C12H25NO3. The van der Waals surface area contributed by atoms with Crippen LogP contribution in [0.4, 0.5) is 0 Å². The number of hydrogen-bond acceptors (Lipinski definition) is 4. The fourth-order valence-electron chi connectivity index (χ4n) is 1.48. The van der Waals surface area contributed by atoms with Gasteiger partial charge in [0.15, 0.2) is 0 Å². The molecule has 0 amide bonds. The SMILES string of the molecule is CCOC(=O)C(C)(CCOC)NC(C)CC. The van der Waals surface area contributed by atoms with Crippen LogP contribution >= 0.6 is 0 Å². The summed E-state index contributed by atoms with van der Waals surface area (Å²) in [6.07, 6.45) is 1.59. The lowest BCUT2D eigenvalue weighted by Crippen LogP contribution is -2.54. The van der Waals surface area contributed by atoms with Gasteiger partial charge >= 0.3 is 5.97 Å². The number of esters is 1. The van der Waals surface area contributed by atoms with Crippen molar-refractivity contribution in [1.82, 2.24) is 5.32 Å². The number of carbonyl (C=O) groups excluding carboxylic acids is 1. The Kier molecular flexibility index (Phi) is 7.34. The number of hydrogen-bond donors (Lipinski definition) is 1. The fourth-order valence-corrected chi connectivity index (χ4v) is 1.48. The van der Waals surface area contributed by atoms with Crippen molar-refractivity contribution in [2.75, 3.05) is 20.3 Å². The first-order valence-corrected chi connectivity index (χ1v) is 5.94. The van der Waals surface area contributed by atoms with E-state index in [1.165, 1.54) is 0 Å². The van der Waals surface area contributed by atoms with Crippen LogP contribution in [0.3, 0.4) is 0 Å². The van der Waals surface area contributed by atoms with Crippen LogP contribution in [0.5, 0.6) is 0 Å². The number of carbonyl (C=O) groups is 1. The molecule has 0 aromatic carbocycles. The lowest BCUT2D eigenvalue weighted by Gasteiger charge is -2.31. The van der Waals surface area contributed by atoms with Gasteiger partial charge in [-0.05, 0) is 33.6 Å². The zero-order chi connectivity index (χ0) is 12.6. The van der Waals surface area contributed by atoms with Crippen molar-refractivity contribution in [3.8, 4) is 0 Å². The Morgan fingerprint density at radius 2 is 2.06 bits per heavy atom. The van der Waals surface area contributed by atoms with Gasteiger partial charge < -0.3 is 9.47 Å². The molecule has 96 valence electrons. The maximum atomic E-state index is 11.9. The number of nitrogens with one attached hydrogen (secondary N) is 1. The van der Waals surface area contributed by atoms with Crippen molar-refractivity contribution in [2.24, 2.45) is 0 Å². The second-order valence-electron chi connectivity index (χ2n) is 4.25. The van der Waals surface area contributed by atoms with E-state index in [0.717, 1.165) is 6.42 Å². The van der Waals surface area contributed by atoms with Crippen molar-refractivity contribution in [2.45, 2.75) is 52.1 Å². The van der Waals surface area contributed by atoms with Crippen LogP contribution in [0.15, 0.2) is 0 Å². The number of methoxy groups -OCH3 is 1. The summed E-state index contributed by atoms with van der Waals surface area (Å²) >= 11 is 0. The summed E-state index contributed by atoms with van der Waals surface area (Å²) in [5.41, 5.74) is -0.651. The largest absolute Gasteiger partial charge is 0.465 e. The molecule has 0 aromatic heterocycles. The summed E-state index contributed by atoms with van der Waals surface area (Å²) in [4.78, 5) is 11.9. The molecule has 4 nitrogen and oxygen atoms in total. The van der Waals surface area contributed by atoms with Gasteiger partial charge in [0.2, 0.25) is 0 Å². The van der Waals surface area contributed by atoms with Gasteiger partial charge in [0, 0.05) is 19.8 Å². The first kappa shape index (κ1) is 15.4. The monoisotopic (exact) mass is 231 g/mol. The Morgan fingerprint density at radius 3 is 2.50 bits per heavy atom. The van der Waals surface area contributed by atoms with Crippen molar-refractivity contribution in [1.29, 1.82) is 0 Å². The summed E-state index contributed by atoms with van der Waals surface area (Å²) in [7, 11) is 1.63. The van der Waals surface area contributed by atoms with E-state index in [1.807, 2.05) is 13.8 Å². The normalized spacial score (nSPS) is 16.6. The molecule has 16 heavy (non-hydrogen) atoms. The highest BCUT2D eigenvalue weighted by atomic mass is 16.5. The maximum absolute atomic E-state index is 11.9. The molecule has 0 aliphatic carbocycles. The van der Waals surface area contributed by atoms with Crippen LogP contribution in [0.2, 0.25) is 0 Å². The topological polar surface area (TPSA) is 47.6 Å². The van der Waals surface area contributed by atoms with Gasteiger partial charge in [-0.25, -0.2) is 0 Å². The molecule has 0 bridgehead atoms. The minimum atomic E-state index is -0.651. The number of ether oxygens (including phenoxy) is 2. The first-order chi connectivity index (χ1) is 7.50. The molecule has 0 rings (SSSR count). The van der Waals surface area contributed by atoms with E-state index in [9.17, 15) is 4.79 Å². The molecule has 0 aromatic rings. The Morgan fingerprint density at radius 1 is 1.44 bits per heavy atom. The lowest BCUT2D eigenvalue weighted by molar-refractivity contribution is -0.151. The van der Waals surface area contributed by atoms with Gasteiger partial charge in [-0.1, -0.05) is 6.92 Å². The summed E-state index contributed by atoms with van der Waals surface area (Å²) in [5, 5.41) is 3.31. The highest BCUT2D eigenvalue weighted by Crippen LogP contribution is 2.14. The van der Waals surface area contributed by atoms with E-state index in [0.29, 0.717) is 19.6 Å². The Hall–Kier alpha value is -0.610. The van der Waals surface area contributed by atoms with Crippen LogP contribution in [0, 0.1) is 0 Å². The molecule has 0 radical (unpaired) electrons. The predicted octanol–water partition coefficient (Wildman–Crippen LogP) is 1.73. The molecule has 4 heteroatoms. The van der Waals surface area contributed by atoms with Crippen LogP contribution in [0.1, 0.15) is 40.5 Å². The number of rotatable bonds is 8. The van der Waals surface area contributed by atoms with E-state index in [4.69, 9.17) is 9.47 Å². The maximum Gasteiger partial charge on any atom is 0.326 e. The molecule has 0 spiro atoms. The molecular weight excluding hydrogens is 206 g/mol. The minimum absolute atomic E-state index is 0.202. The second-order valence-corrected chi connectivity index (χ2v) is 4.25. The van der Waals surface area contributed by atoms with Crippen LogP contribution in [-0.2, 0) is 14.3 Å².